The van der Waals surface area contributed by atoms with Crippen molar-refractivity contribution >= 4 is 17.5 Å². The summed E-state index contributed by atoms with van der Waals surface area (Å²) in [5, 5.41) is 3.00. The number of nitrogens with one attached hydrogen (secondary N) is 1. The molecule has 1 N–H and O–H groups in total. The molecule has 4 heterocycles. The lowest BCUT2D eigenvalue weighted by Crippen LogP contribution is -2.46. The maximum absolute atomic E-state index is 12.5. The van der Waals surface area contributed by atoms with E-state index in [1.807, 2.05) is 40.8 Å². The minimum absolute atomic E-state index is 0.0437. The summed E-state index contributed by atoms with van der Waals surface area (Å²) in [6.45, 7) is 4.40. The van der Waals surface area contributed by atoms with Gasteiger partial charge in [0.25, 0.3) is 5.91 Å². The molecule has 0 unspecified atom stereocenters. The highest BCUT2D eigenvalue weighted by molar-refractivity contribution is 5.82. The standard InChI is InChI=1S/C20H26N4O3/c1-14-4-7-24-13-16(22-18(24)11-14)12-21-19(25)15-5-8-23(9-6-15)20(26)17-3-2-10-27-17/h4,7,11,13,15,17H,2-3,5-6,8-10,12H2,1H3,(H,21,25)/t17-/m0/s1. The van der Waals surface area contributed by atoms with E-state index in [-0.39, 0.29) is 23.8 Å². The number of fused-ring (bicyclic) bond motifs is 1. The maximum atomic E-state index is 12.5. The average Bonchev–Trinajstić information content (AvgIpc) is 3.35. The molecule has 1 atom stereocenters. The summed E-state index contributed by atoms with van der Waals surface area (Å²) in [7, 11) is 0. The molecule has 7 nitrogen and oxygen atoms in total. The molecule has 0 spiro atoms. The Morgan fingerprint density at radius 3 is 2.85 bits per heavy atom. The minimum atomic E-state index is -0.269. The van der Waals surface area contributed by atoms with Gasteiger partial charge in [-0.3, -0.25) is 9.59 Å². The second-order valence-electron chi connectivity index (χ2n) is 7.52. The zero-order valence-corrected chi connectivity index (χ0v) is 15.7. The quantitative estimate of drug-likeness (QED) is 0.888. The van der Waals surface area contributed by atoms with Crippen molar-refractivity contribution in [2.24, 2.45) is 5.92 Å². The first-order valence-electron chi connectivity index (χ1n) is 9.72. The molecule has 144 valence electrons. The lowest BCUT2D eigenvalue weighted by Gasteiger charge is -2.32. The van der Waals surface area contributed by atoms with Crippen molar-refractivity contribution < 1.29 is 14.3 Å². The molecule has 2 fully saturated rings. The van der Waals surface area contributed by atoms with E-state index in [1.165, 1.54) is 0 Å². The highest BCUT2D eigenvalue weighted by atomic mass is 16.5. The number of aryl methyl sites for hydroxylation is 1. The Balaban J connectivity index is 1.27. The molecule has 2 aromatic heterocycles. The Morgan fingerprint density at radius 2 is 2.11 bits per heavy atom. The smallest absolute Gasteiger partial charge is 0.251 e. The van der Waals surface area contributed by atoms with Gasteiger partial charge in [-0.2, -0.15) is 0 Å². The monoisotopic (exact) mass is 370 g/mol. The Morgan fingerprint density at radius 1 is 1.30 bits per heavy atom. The molecule has 2 saturated heterocycles. The molecule has 0 radical (unpaired) electrons. The zero-order chi connectivity index (χ0) is 18.8. The van der Waals surface area contributed by atoms with E-state index in [0.29, 0.717) is 39.1 Å². The highest BCUT2D eigenvalue weighted by Gasteiger charge is 2.32. The number of hydrogen-bond acceptors (Lipinski definition) is 4. The SMILES string of the molecule is Cc1ccn2cc(CNC(=O)C3CCN(C(=O)[C@@H]4CCCO4)CC3)nc2c1. The van der Waals surface area contributed by atoms with Crippen LogP contribution in [-0.4, -0.2) is 51.9 Å². The first kappa shape index (κ1) is 18.0. The fourth-order valence-electron chi connectivity index (χ4n) is 3.88. The second kappa shape index (κ2) is 7.68. The van der Waals surface area contributed by atoms with Crippen molar-refractivity contribution in [3.63, 3.8) is 0 Å². The fraction of sp³-hybridized carbons (Fsp3) is 0.550. The lowest BCUT2D eigenvalue weighted by molar-refractivity contribution is -0.143. The van der Waals surface area contributed by atoms with Crippen LogP contribution >= 0.6 is 0 Å². The number of carbonyl (C=O) groups excluding carboxylic acids is 2. The van der Waals surface area contributed by atoms with E-state index in [2.05, 4.69) is 10.3 Å². The molecule has 0 bridgehead atoms. The summed E-state index contributed by atoms with van der Waals surface area (Å²) in [4.78, 5) is 31.3. The molecule has 0 aromatic carbocycles. The van der Waals surface area contributed by atoms with Crippen molar-refractivity contribution in [3.8, 4) is 0 Å². The molecule has 0 saturated carbocycles. The Bertz CT molecular complexity index is 833. The van der Waals surface area contributed by atoms with Crippen LogP contribution in [0.15, 0.2) is 24.5 Å². The average molecular weight is 370 g/mol. The van der Waals surface area contributed by atoms with E-state index in [0.717, 1.165) is 29.7 Å². The minimum Gasteiger partial charge on any atom is -0.368 e. The first-order chi connectivity index (χ1) is 13.1. The topological polar surface area (TPSA) is 75.9 Å². The van der Waals surface area contributed by atoms with Gasteiger partial charge >= 0.3 is 0 Å². The summed E-state index contributed by atoms with van der Waals surface area (Å²) in [5.74, 6) is 0.0941. The largest absolute Gasteiger partial charge is 0.368 e. The third kappa shape index (κ3) is 3.98. The molecule has 0 aliphatic carbocycles. The van der Waals surface area contributed by atoms with Crippen LogP contribution < -0.4 is 5.32 Å². The van der Waals surface area contributed by atoms with Crippen molar-refractivity contribution in [2.45, 2.75) is 45.3 Å². The van der Waals surface area contributed by atoms with E-state index < -0.39 is 0 Å². The van der Waals surface area contributed by atoms with Gasteiger partial charge in [-0.1, -0.05) is 0 Å². The Labute approximate surface area is 158 Å². The number of rotatable bonds is 4. The number of imidazole rings is 1. The van der Waals surface area contributed by atoms with Crippen molar-refractivity contribution in [1.82, 2.24) is 19.6 Å². The van der Waals surface area contributed by atoms with Gasteiger partial charge in [0.05, 0.1) is 12.2 Å². The maximum Gasteiger partial charge on any atom is 0.251 e. The van der Waals surface area contributed by atoms with Crippen molar-refractivity contribution in [3.05, 3.63) is 35.8 Å². The first-order valence-corrected chi connectivity index (χ1v) is 9.72. The number of likely N-dealkylation sites (tertiary alicyclic amines) is 1. The normalized spacial score (nSPS) is 20.9. The molecule has 4 rings (SSSR count). The van der Waals surface area contributed by atoms with Crippen LogP contribution in [0.1, 0.15) is 36.9 Å². The van der Waals surface area contributed by atoms with Gasteiger partial charge in [-0.15, -0.1) is 0 Å². The predicted octanol–water partition coefficient (Wildman–Crippen LogP) is 1.68. The number of hydrogen-bond donors (Lipinski definition) is 1. The number of pyridine rings is 1. The summed E-state index contributed by atoms with van der Waals surface area (Å²) in [5.41, 5.74) is 2.90. The van der Waals surface area contributed by atoms with Crippen LogP contribution in [0.4, 0.5) is 0 Å². The van der Waals surface area contributed by atoms with E-state index in [1.54, 1.807) is 0 Å². The molecule has 2 aromatic rings. The van der Waals surface area contributed by atoms with Gasteiger partial charge in [-0.25, -0.2) is 4.98 Å². The number of ether oxygens (including phenoxy) is 1. The van der Waals surface area contributed by atoms with Crippen LogP contribution in [0, 0.1) is 12.8 Å². The summed E-state index contributed by atoms with van der Waals surface area (Å²) < 4.78 is 7.44. The predicted molar refractivity (Wildman–Crippen MR) is 100 cm³/mol. The third-order valence-corrected chi connectivity index (χ3v) is 5.49. The summed E-state index contributed by atoms with van der Waals surface area (Å²) in [6, 6.07) is 4.05. The summed E-state index contributed by atoms with van der Waals surface area (Å²) >= 11 is 0. The fourth-order valence-corrected chi connectivity index (χ4v) is 3.88. The van der Waals surface area contributed by atoms with Crippen molar-refractivity contribution in [2.75, 3.05) is 19.7 Å². The van der Waals surface area contributed by atoms with E-state index in [9.17, 15) is 9.59 Å². The zero-order valence-electron chi connectivity index (χ0n) is 15.7. The lowest BCUT2D eigenvalue weighted by atomic mass is 9.95. The van der Waals surface area contributed by atoms with Crippen LogP contribution in [0.3, 0.4) is 0 Å². The van der Waals surface area contributed by atoms with Gasteiger partial charge in [0, 0.05) is 38.0 Å². The van der Waals surface area contributed by atoms with Crippen LogP contribution in [0.5, 0.6) is 0 Å². The molecule has 27 heavy (non-hydrogen) atoms. The number of carbonyl (C=O) groups is 2. The third-order valence-electron chi connectivity index (χ3n) is 5.49. The van der Waals surface area contributed by atoms with Gasteiger partial charge in [0.15, 0.2) is 0 Å². The number of aromatic nitrogens is 2. The van der Waals surface area contributed by atoms with Gasteiger partial charge in [-0.05, 0) is 50.3 Å². The van der Waals surface area contributed by atoms with Gasteiger partial charge < -0.3 is 19.4 Å². The van der Waals surface area contributed by atoms with Crippen LogP contribution in [-0.2, 0) is 20.9 Å². The van der Waals surface area contributed by atoms with Crippen LogP contribution in [0.25, 0.3) is 5.65 Å². The highest BCUT2D eigenvalue weighted by Crippen LogP contribution is 2.21. The number of amides is 2. The molecule has 2 aliphatic heterocycles. The Kier molecular flexibility index (Phi) is 5.11. The van der Waals surface area contributed by atoms with Crippen LogP contribution in [0.2, 0.25) is 0 Å². The molecule has 2 aliphatic rings. The van der Waals surface area contributed by atoms with E-state index in [4.69, 9.17) is 4.74 Å². The van der Waals surface area contributed by atoms with E-state index >= 15 is 0 Å². The molecule has 2 amide bonds. The van der Waals surface area contributed by atoms with Crippen molar-refractivity contribution in [1.29, 1.82) is 0 Å². The Hall–Kier alpha value is -2.41. The molecular weight excluding hydrogens is 344 g/mol. The second-order valence-corrected chi connectivity index (χ2v) is 7.52. The number of nitrogens with zero attached hydrogens (tertiary/aromatic N) is 3. The number of piperidine rings is 1. The van der Waals surface area contributed by atoms with Gasteiger partial charge in [0.1, 0.15) is 11.8 Å². The molecule has 7 heteroatoms. The van der Waals surface area contributed by atoms with Gasteiger partial charge in [0.2, 0.25) is 5.91 Å². The summed E-state index contributed by atoms with van der Waals surface area (Å²) in [6.07, 6.45) is 6.83. The molecular formula is C20H26N4O3.